The molecule has 1 aliphatic heterocycles. The van der Waals surface area contributed by atoms with E-state index in [4.69, 9.17) is 0 Å². The first-order valence-electron chi connectivity index (χ1n) is 10.2. The molecule has 0 radical (unpaired) electrons. The van der Waals surface area contributed by atoms with Gasteiger partial charge in [0.1, 0.15) is 17.3 Å². The fraction of sp³-hybridized carbons (Fsp3) is 0.318. The van der Waals surface area contributed by atoms with E-state index in [1.807, 2.05) is 24.8 Å². The second kappa shape index (κ2) is 8.63. The normalized spacial score (nSPS) is 14.5. The Hall–Kier alpha value is -3.62. The van der Waals surface area contributed by atoms with E-state index in [-0.39, 0.29) is 11.9 Å². The first-order valence-corrected chi connectivity index (χ1v) is 10.2. The zero-order valence-corrected chi connectivity index (χ0v) is 17.5. The number of piperidine rings is 1. The zero-order valence-electron chi connectivity index (χ0n) is 17.5. The van der Waals surface area contributed by atoms with Gasteiger partial charge >= 0.3 is 6.03 Å². The lowest BCUT2D eigenvalue weighted by molar-refractivity contribution is 0.0685. The molecule has 3 aromatic rings. The number of aromatic amines is 1. The Morgan fingerprint density at radius 3 is 2.58 bits per heavy atom. The highest BCUT2D eigenvalue weighted by atomic mass is 19.1. The summed E-state index contributed by atoms with van der Waals surface area (Å²) in [6, 6.07) is 8.97. The Morgan fingerprint density at radius 1 is 1.13 bits per heavy atom. The monoisotopic (exact) mass is 424 g/mol. The minimum Gasteiger partial charge on any atom is -0.354 e. The van der Waals surface area contributed by atoms with Crippen LogP contribution in [0, 0.1) is 19.7 Å². The smallest absolute Gasteiger partial charge is 0.324 e. The average Bonchev–Trinajstić information content (AvgIpc) is 3.33. The molecular weight excluding hydrogens is 399 g/mol. The number of rotatable bonds is 4. The number of carbonyl (C=O) groups excluding carboxylic acids is 2. The minimum absolute atomic E-state index is 0.0114. The molecule has 1 fully saturated rings. The van der Waals surface area contributed by atoms with Crippen molar-refractivity contribution in [3.63, 3.8) is 0 Å². The number of hydrogen-bond donors (Lipinski definition) is 3. The van der Waals surface area contributed by atoms with E-state index in [9.17, 15) is 14.0 Å². The van der Waals surface area contributed by atoms with E-state index < -0.39 is 11.8 Å². The molecule has 9 heteroatoms. The maximum absolute atomic E-state index is 13.3. The van der Waals surface area contributed by atoms with E-state index >= 15 is 0 Å². The van der Waals surface area contributed by atoms with Crippen LogP contribution < -0.4 is 10.6 Å². The van der Waals surface area contributed by atoms with Gasteiger partial charge in [-0.3, -0.25) is 10.1 Å². The number of anilines is 2. The number of nitrogens with zero attached hydrogens (tertiary/aromatic N) is 3. The number of benzene rings is 1. The molecular formula is C22H25FN6O2. The molecule has 4 rings (SSSR count). The molecule has 0 spiro atoms. The van der Waals surface area contributed by atoms with Gasteiger partial charge in [-0.25, -0.2) is 13.9 Å². The van der Waals surface area contributed by atoms with Gasteiger partial charge in [0, 0.05) is 30.5 Å². The van der Waals surface area contributed by atoms with Crippen molar-refractivity contribution in [2.75, 3.05) is 23.7 Å². The molecule has 2 aromatic heterocycles. The molecule has 3 amide bonds. The van der Waals surface area contributed by atoms with Crippen LogP contribution in [0.1, 0.15) is 40.6 Å². The van der Waals surface area contributed by atoms with Crippen LogP contribution in [0.5, 0.6) is 0 Å². The number of H-pyrrole nitrogens is 1. The third kappa shape index (κ3) is 4.60. The third-order valence-corrected chi connectivity index (χ3v) is 5.46. The van der Waals surface area contributed by atoms with Gasteiger partial charge in [0.2, 0.25) is 0 Å². The molecule has 3 heterocycles. The van der Waals surface area contributed by atoms with Crippen LogP contribution in [0.15, 0.2) is 42.6 Å². The molecule has 162 valence electrons. The van der Waals surface area contributed by atoms with Crippen LogP contribution in [0.3, 0.4) is 0 Å². The van der Waals surface area contributed by atoms with Gasteiger partial charge < -0.3 is 15.2 Å². The summed E-state index contributed by atoms with van der Waals surface area (Å²) in [5.41, 5.74) is 2.93. The Labute approximate surface area is 179 Å². The highest BCUT2D eigenvalue weighted by molar-refractivity contribution is 5.99. The van der Waals surface area contributed by atoms with E-state index in [2.05, 4.69) is 20.7 Å². The van der Waals surface area contributed by atoms with Crippen molar-refractivity contribution < 1.29 is 14.0 Å². The van der Waals surface area contributed by atoms with Crippen molar-refractivity contribution in [2.45, 2.75) is 32.7 Å². The van der Waals surface area contributed by atoms with Crippen molar-refractivity contribution in [3.05, 3.63) is 65.4 Å². The number of hydrogen-bond acceptors (Lipinski definition) is 3. The highest BCUT2D eigenvalue weighted by Gasteiger charge is 2.27. The number of amides is 3. The van der Waals surface area contributed by atoms with Crippen molar-refractivity contribution in [2.24, 2.45) is 0 Å². The molecule has 0 bridgehead atoms. The van der Waals surface area contributed by atoms with Crippen LogP contribution in [-0.2, 0) is 0 Å². The molecule has 1 saturated heterocycles. The lowest BCUT2D eigenvalue weighted by atomic mass is 10.0. The number of aromatic nitrogens is 3. The Balaban J connectivity index is 1.36. The summed E-state index contributed by atoms with van der Waals surface area (Å²) in [5, 5.41) is 9.74. The van der Waals surface area contributed by atoms with E-state index in [1.165, 1.54) is 18.2 Å². The largest absolute Gasteiger partial charge is 0.354 e. The number of nitrogens with one attached hydrogen (secondary N) is 3. The predicted octanol–water partition coefficient (Wildman–Crippen LogP) is 4.09. The average molecular weight is 424 g/mol. The second-order valence-electron chi connectivity index (χ2n) is 7.78. The number of halogens is 1. The Morgan fingerprint density at radius 2 is 1.90 bits per heavy atom. The summed E-state index contributed by atoms with van der Waals surface area (Å²) < 4.78 is 15.1. The van der Waals surface area contributed by atoms with E-state index in [0.717, 1.165) is 24.1 Å². The highest BCUT2D eigenvalue weighted by Crippen LogP contribution is 2.27. The maximum Gasteiger partial charge on any atom is 0.324 e. The van der Waals surface area contributed by atoms with Crippen molar-refractivity contribution in [1.29, 1.82) is 0 Å². The summed E-state index contributed by atoms with van der Waals surface area (Å²) in [5.74, 6) is 0.140. The Bertz CT molecular complexity index is 1100. The minimum atomic E-state index is -0.474. The molecule has 0 unspecified atom stereocenters. The van der Waals surface area contributed by atoms with Crippen LogP contribution in [0.2, 0.25) is 0 Å². The topological polar surface area (TPSA) is 95.1 Å². The first kappa shape index (κ1) is 20.6. The van der Waals surface area contributed by atoms with Gasteiger partial charge in [0.15, 0.2) is 0 Å². The second-order valence-corrected chi connectivity index (χ2v) is 7.78. The van der Waals surface area contributed by atoms with Gasteiger partial charge in [0.25, 0.3) is 5.91 Å². The van der Waals surface area contributed by atoms with Crippen LogP contribution in [-0.4, -0.2) is 44.7 Å². The van der Waals surface area contributed by atoms with Gasteiger partial charge in [0.05, 0.1) is 12.2 Å². The van der Waals surface area contributed by atoms with Gasteiger partial charge in [-0.15, -0.1) is 0 Å². The summed E-state index contributed by atoms with van der Waals surface area (Å²) >= 11 is 0. The molecule has 0 aliphatic carbocycles. The van der Waals surface area contributed by atoms with Crippen LogP contribution >= 0.6 is 0 Å². The number of urea groups is 1. The number of aryl methyl sites for hydroxylation is 2. The fourth-order valence-electron chi connectivity index (χ4n) is 3.97. The zero-order chi connectivity index (χ0) is 22.0. The lowest BCUT2D eigenvalue weighted by Crippen LogP contribution is -2.40. The van der Waals surface area contributed by atoms with E-state index in [1.54, 1.807) is 23.0 Å². The molecule has 0 saturated carbocycles. The number of carbonyl (C=O) groups is 2. The lowest BCUT2D eigenvalue weighted by Gasteiger charge is -2.32. The van der Waals surface area contributed by atoms with Gasteiger partial charge in [-0.05, 0) is 56.5 Å². The molecule has 1 aliphatic rings. The number of likely N-dealkylation sites (tertiary alicyclic amines) is 1. The van der Waals surface area contributed by atoms with Crippen molar-refractivity contribution in [3.8, 4) is 0 Å². The summed E-state index contributed by atoms with van der Waals surface area (Å²) in [4.78, 5) is 30.1. The predicted molar refractivity (Wildman–Crippen MR) is 116 cm³/mol. The van der Waals surface area contributed by atoms with Crippen molar-refractivity contribution in [1.82, 2.24) is 19.7 Å². The quantitative estimate of drug-likeness (QED) is 0.589. The third-order valence-electron chi connectivity index (χ3n) is 5.46. The molecule has 8 nitrogen and oxygen atoms in total. The van der Waals surface area contributed by atoms with E-state index in [0.29, 0.717) is 30.3 Å². The standard InChI is InChI=1S/C22H25FN6O2/c1-14-12-15(2)25-20(14)21(30)28-10-7-18(8-11-28)29-19(6-9-24-29)27-22(31)26-17-5-3-4-16(23)13-17/h3-6,9,12-13,18,25H,7-8,10-11H2,1-2H3,(H2,26,27,31). The summed E-state index contributed by atoms with van der Waals surface area (Å²) in [6.45, 7) is 5.08. The first-order chi connectivity index (χ1) is 14.9. The molecule has 3 N–H and O–H groups in total. The summed E-state index contributed by atoms with van der Waals surface area (Å²) in [6.07, 6.45) is 3.08. The Kier molecular flexibility index (Phi) is 5.75. The summed E-state index contributed by atoms with van der Waals surface area (Å²) in [7, 11) is 0. The fourth-order valence-corrected chi connectivity index (χ4v) is 3.97. The maximum atomic E-state index is 13.3. The van der Waals surface area contributed by atoms with Gasteiger partial charge in [-0.1, -0.05) is 6.07 Å². The van der Waals surface area contributed by atoms with Crippen molar-refractivity contribution >= 4 is 23.4 Å². The van der Waals surface area contributed by atoms with Crippen LogP contribution in [0.25, 0.3) is 0 Å². The van der Waals surface area contributed by atoms with Crippen LogP contribution in [0.4, 0.5) is 20.7 Å². The SMILES string of the molecule is Cc1cc(C)c(C(=O)N2CCC(n3nccc3NC(=O)Nc3cccc(F)c3)CC2)[nH]1. The van der Waals surface area contributed by atoms with Gasteiger partial charge in [-0.2, -0.15) is 5.10 Å². The molecule has 0 atom stereocenters. The molecule has 31 heavy (non-hydrogen) atoms. The molecule has 1 aromatic carbocycles.